The third kappa shape index (κ3) is 3.81. The average molecular weight is 402 g/mol. The van der Waals surface area contributed by atoms with Crippen molar-refractivity contribution < 1.29 is 4.79 Å². The number of aromatic nitrogens is 3. The SMILES string of the molecule is Cl.NC[C@@H]1CN(C(=O)CCn2nc3ccccn3c2=O)C[C@H]1c1ccccc1. The highest BCUT2D eigenvalue weighted by Gasteiger charge is 2.35. The number of nitrogens with two attached hydrogens (primary N) is 1. The predicted molar refractivity (Wildman–Crippen MR) is 110 cm³/mol. The van der Waals surface area contributed by atoms with E-state index in [1.165, 1.54) is 14.6 Å². The number of halogens is 1. The number of benzene rings is 1. The lowest BCUT2D eigenvalue weighted by Gasteiger charge is -2.16. The van der Waals surface area contributed by atoms with Crippen LogP contribution in [0.3, 0.4) is 0 Å². The van der Waals surface area contributed by atoms with Crippen LogP contribution < -0.4 is 11.4 Å². The number of carbonyl (C=O) groups is 1. The summed E-state index contributed by atoms with van der Waals surface area (Å²) >= 11 is 0. The van der Waals surface area contributed by atoms with Crippen molar-refractivity contribution in [2.75, 3.05) is 19.6 Å². The molecule has 1 aliphatic heterocycles. The number of fused-ring (bicyclic) bond motifs is 1. The zero-order chi connectivity index (χ0) is 18.8. The predicted octanol–water partition coefficient (Wildman–Crippen LogP) is 1.51. The topological polar surface area (TPSA) is 85.6 Å². The first-order valence-corrected chi connectivity index (χ1v) is 9.24. The third-order valence-electron chi connectivity index (χ3n) is 5.35. The molecule has 1 aliphatic rings. The summed E-state index contributed by atoms with van der Waals surface area (Å²) in [5.41, 5.74) is 7.54. The van der Waals surface area contributed by atoms with Crippen LogP contribution in [-0.2, 0) is 11.3 Å². The van der Waals surface area contributed by atoms with Crippen LogP contribution in [0.25, 0.3) is 5.65 Å². The minimum Gasteiger partial charge on any atom is -0.342 e. The van der Waals surface area contributed by atoms with Gasteiger partial charge in [-0.05, 0) is 30.2 Å². The highest BCUT2D eigenvalue weighted by molar-refractivity contribution is 5.85. The van der Waals surface area contributed by atoms with Crippen LogP contribution in [0.1, 0.15) is 17.9 Å². The lowest BCUT2D eigenvalue weighted by molar-refractivity contribution is -0.130. The van der Waals surface area contributed by atoms with E-state index in [0.717, 1.165) is 0 Å². The van der Waals surface area contributed by atoms with Gasteiger partial charge >= 0.3 is 5.69 Å². The summed E-state index contributed by atoms with van der Waals surface area (Å²) in [6.07, 6.45) is 1.93. The largest absolute Gasteiger partial charge is 0.350 e. The van der Waals surface area contributed by atoms with Gasteiger partial charge in [0.2, 0.25) is 5.91 Å². The number of likely N-dealkylation sites (tertiary alicyclic amines) is 1. The molecule has 148 valence electrons. The second-order valence-electron chi connectivity index (χ2n) is 7.00. The van der Waals surface area contributed by atoms with Crippen LogP contribution in [0.5, 0.6) is 0 Å². The Labute approximate surface area is 169 Å². The van der Waals surface area contributed by atoms with E-state index < -0.39 is 0 Å². The smallest absolute Gasteiger partial charge is 0.342 e. The van der Waals surface area contributed by atoms with Crippen molar-refractivity contribution in [2.24, 2.45) is 11.7 Å². The third-order valence-corrected chi connectivity index (χ3v) is 5.35. The van der Waals surface area contributed by atoms with Crippen LogP contribution in [0.4, 0.5) is 0 Å². The standard InChI is InChI=1S/C20H23N5O2.ClH/c21-12-16-13-23(14-17(16)15-6-2-1-3-7-15)19(26)9-11-25-20(27)24-10-5-4-8-18(24)22-25;/h1-8,10,16-17H,9,11-14,21H2;1H/t16-,17+;/m1./s1. The highest BCUT2D eigenvalue weighted by atomic mass is 35.5. The molecule has 0 aliphatic carbocycles. The summed E-state index contributed by atoms with van der Waals surface area (Å²) in [5, 5.41) is 4.28. The molecule has 8 heteroatoms. The fraction of sp³-hybridized carbons (Fsp3) is 0.350. The molecule has 1 fully saturated rings. The summed E-state index contributed by atoms with van der Waals surface area (Å²) in [4.78, 5) is 26.9. The summed E-state index contributed by atoms with van der Waals surface area (Å²) in [6, 6.07) is 15.6. The fourth-order valence-electron chi connectivity index (χ4n) is 3.87. The molecule has 3 heterocycles. The maximum Gasteiger partial charge on any atom is 0.350 e. The molecule has 1 saturated heterocycles. The number of hydrogen-bond donors (Lipinski definition) is 1. The Morgan fingerprint density at radius 3 is 2.57 bits per heavy atom. The maximum atomic E-state index is 12.7. The Morgan fingerprint density at radius 1 is 1.11 bits per heavy atom. The molecular formula is C20H24ClN5O2. The molecule has 0 spiro atoms. The molecule has 3 aromatic rings. The molecule has 4 rings (SSSR count). The Balaban J connectivity index is 0.00000225. The Hall–Kier alpha value is -2.64. The summed E-state index contributed by atoms with van der Waals surface area (Å²) in [6.45, 7) is 2.16. The minimum atomic E-state index is -0.221. The van der Waals surface area contributed by atoms with Gasteiger partial charge < -0.3 is 10.6 Å². The van der Waals surface area contributed by atoms with Gasteiger partial charge in [-0.2, -0.15) is 0 Å². The van der Waals surface area contributed by atoms with Gasteiger partial charge in [0.15, 0.2) is 5.65 Å². The molecule has 2 atom stereocenters. The molecule has 2 N–H and O–H groups in total. The zero-order valence-electron chi connectivity index (χ0n) is 15.5. The summed E-state index contributed by atoms with van der Waals surface area (Å²) in [7, 11) is 0. The molecule has 2 aromatic heterocycles. The molecule has 0 bridgehead atoms. The number of pyridine rings is 1. The van der Waals surface area contributed by atoms with Crippen LogP contribution >= 0.6 is 12.4 Å². The first kappa shape index (κ1) is 20.1. The maximum absolute atomic E-state index is 12.7. The molecule has 0 unspecified atom stereocenters. The number of hydrogen-bond acceptors (Lipinski definition) is 4. The summed E-state index contributed by atoms with van der Waals surface area (Å²) in [5.74, 6) is 0.558. The number of nitrogens with zero attached hydrogens (tertiary/aromatic N) is 4. The Bertz CT molecular complexity index is 1000. The van der Waals surface area contributed by atoms with Gasteiger partial charge in [-0.3, -0.25) is 9.20 Å². The van der Waals surface area contributed by atoms with Gasteiger partial charge in [-0.15, -0.1) is 17.5 Å². The van der Waals surface area contributed by atoms with E-state index in [0.29, 0.717) is 25.3 Å². The Kier molecular flexibility index (Phi) is 6.16. The van der Waals surface area contributed by atoms with Gasteiger partial charge in [-0.25, -0.2) is 9.48 Å². The summed E-state index contributed by atoms with van der Waals surface area (Å²) < 4.78 is 2.84. The molecule has 1 aromatic carbocycles. The van der Waals surface area contributed by atoms with E-state index in [9.17, 15) is 9.59 Å². The fourth-order valence-corrected chi connectivity index (χ4v) is 3.87. The van der Waals surface area contributed by atoms with Crippen molar-refractivity contribution in [2.45, 2.75) is 18.9 Å². The quantitative estimate of drug-likeness (QED) is 0.702. The normalized spacial score (nSPS) is 19.0. The number of amides is 1. The first-order valence-electron chi connectivity index (χ1n) is 9.24. The van der Waals surface area contributed by atoms with E-state index in [1.807, 2.05) is 29.2 Å². The van der Waals surface area contributed by atoms with Crippen molar-refractivity contribution >= 4 is 24.0 Å². The van der Waals surface area contributed by atoms with E-state index in [1.54, 1.807) is 18.3 Å². The van der Waals surface area contributed by atoms with Crippen molar-refractivity contribution in [3.05, 3.63) is 70.8 Å². The molecule has 0 radical (unpaired) electrons. The van der Waals surface area contributed by atoms with E-state index in [-0.39, 0.29) is 48.8 Å². The monoisotopic (exact) mass is 401 g/mol. The molecule has 28 heavy (non-hydrogen) atoms. The molecule has 7 nitrogen and oxygen atoms in total. The number of rotatable bonds is 5. The van der Waals surface area contributed by atoms with E-state index in [4.69, 9.17) is 5.73 Å². The van der Waals surface area contributed by atoms with Crippen molar-refractivity contribution in [1.82, 2.24) is 19.1 Å². The van der Waals surface area contributed by atoms with Crippen LogP contribution in [-0.4, -0.2) is 44.6 Å². The van der Waals surface area contributed by atoms with Crippen molar-refractivity contribution in [3.63, 3.8) is 0 Å². The van der Waals surface area contributed by atoms with Crippen LogP contribution in [0.2, 0.25) is 0 Å². The lowest BCUT2D eigenvalue weighted by Crippen LogP contribution is -2.32. The van der Waals surface area contributed by atoms with Crippen molar-refractivity contribution in [3.8, 4) is 0 Å². The molecule has 0 saturated carbocycles. The van der Waals surface area contributed by atoms with E-state index >= 15 is 0 Å². The number of aryl methyl sites for hydroxylation is 1. The second kappa shape index (κ2) is 8.58. The highest BCUT2D eigenvalue weighted by Crippen LogP contribution is 2.32. The van der Waals surface area contributed by atoms with Crippen LogP contribution in [0, 0.1) is 5.92 Å². The van der Waals surface area contributed by atoms with Gasteiger partial charge in [0.1, 0.15) is 0 Å². The Morgan fingerprint density at radius 2 is 1.86 bits per heavy atom. The molecular weight excluding hydrogens is 378 g/mol. The van der Waals surface area contributed by atoms with Gasteiger partial charge in [0.05, 0.1) is 6.54 Å². The second-order valence-corrected chi connectivity index (χ2v) is 7.00. The van der Waals surface area contributed by atoms with Gasteiger partial charge in [0, 0.05) is 31.6 Å². The van der Waals surface area contributed by atoms with E-state index in [2.05, 4.69) is 17.2 Å². The van der Waals surface area contributed by atoms with Gasteiger partial charge in [0.25, 0.3) is 0 Å². The first-order chi connectivity index (χ1) is 13.2. The van der Waals surface area contributed by atoms with Crippen molar-refractivity contribution in [1.29, 1.82) is 0 Å². The average Bonchev–Trinajstić information content (AvgIpc) is 3.29. The minimum absolute atomic E-state index is 0. The number of carbonyl (C=O) groups excluding carboxylic acids is 1. The van der Waals surface area contributed by atoms with Crippen LogP contribution in [0.15, 0.2) is 59.5 Å². The molecule has 1 amide bonds. The zero-order valence-corrected chi connectivity index (χ0v) is 16.3. The lowest BCUT2D eigenvalue weighted by atomic mass is 9.89. The van der Waals surface area contributed by atoms with Gasteiger partial charge in [-0.1, -0.05) is 36.4 Å².